The lowest BCUT2D eigenvalue weighted by Crippen LogP contribution is -2.24. The fourth-order valence-electron chi connectivity index (χ4n) is 2.09. The molecule has 0 fully saturated rings. The average Bonchev–Trinajstić information content (AvgIpc) is 2.47. The summed E-state index contributed by atoms with van der Waals surface area (Å²) < 4.78 is 1.03. The third kappa shape index (κ3) is 5.31. The first kappa shape index (κ1) is 18.5. The fourth-order valence-corrected chi connectivity index (χ4v) is 2.54. The van der Waals surface area contributed by atoms with E-state index in [9.17, 15) is 4.79 Å². The van der Waals surface area contributed by atoms with E-state index in [2.05, 4.69) is 26.2 Å². The van der Waals surface area contributed by atoms with Crippen molar-refractivity contribution in [2.75, 3.05) is 11.1 Å². The molecular weight excluding hydrogens is 366 g/mol. The van der Waals surface area contributed by atoms with E-state index in [-0.39, 0.29) is 24.2 Å². The maximum absolute atomic E-state index is 12.3. The second-order valence-electron chi connectivity index (χ2n) is 4.90. The van der Waals surface area contributed by atoms with Gasteiger partial charge in [0.25, 0.3) is 0 Å². The van der Waals surface area contributed by atoms with Crippen LogP contribution in [0.1, 0.15) is 18.9 Å². The van der Waals surface area contributed by atoms with Crippen molar-refractivity contribution in [1.82, 2.24) is 4.98 Å². The molecule has 1 atom stereocenters. The molecule has 1 unspecified atom stereocenters. The number of carbonyl (C=O) groups is 1. The van der Waals surface area contributed by atoms with Crippen molar-refractivity contribution in [3.05, 3.63) is 52.6 Å². The van der Waals surface area contributed by atoms with Gasteiger partial charge in [-0.25, -0.2) is 4.98 Å². The minimum Gasteiger partial charge on any atom is -0.384 e. The minimum absolute atomic E-state index is 0. The van der Waals surface area contributed by atoms with Gasteiger partial charge in [-0.05, 0) is 42.7 Å². The summed E-state index contributed by atoms with van der Waals surface area (Å²) in [6.45, 7) is 2.02. The van der Waals surface area contributed by atoms with E-state index >= 15 is 0 Å². The average molecular weight is 385 g/mol. The molecule has 1 heterocycles. The standard InChI is InChI=1S/C16H18BrN3O.ClH/c1-2-12(8-11-4-3-5-13(17)9-11)16(21)20-14-6-7-15(18)19-10-14;/h3-7,9-10,12H,2,8H2,1H3,(H2,18,19)(H,20,21);1H. The van der Waals surface area contributed by atoms with Gasteiger partial charge >= 0.3 is 0 Å². The minimum atomic E-state index is -0.0724. The zero-order chi connectivity index (χ0) is 15.2. The van der Waals surface area contributed by atoms with Gasteiger partial charge in [-0.2, -0.15) is 0 Å². The van der Waals surface area contributed by atoms with Crippen LogP contribution in [0.3, 0.4) is 0 Å². The number of halogens is 2. The molecule has 4 nitrogen and oxygen atoms in total. The predicted octanol–water partition coefficient (Wildman–Crippen LogP) is 4.06. The first-order valence-corrected chi connectivity index (χ1v) is 7.64. The van der Waals surface area contributed by atoms with Crippen LogP contribution in [0.4, 0.5) is 11.5 Å². The summed E-state index contributed by atoms with van der Waals surface area (Å²) in [6.07, 6.45) is 3.06. The summed E-state index contributed by atoms with van der Waals surface area (Å²) >= 11 is 3.45. The summed E-state index contributed by atoms with van der Waals surface area (Å²) in [5.41, 5.74) is 7.34. The maximum atomic E-state index is 12.3. The number of benzene rings is 1. The van der Waals surface area contributed by atoms with E-state index in [0.29, 0.717) is 17.9 Å². The monoisotopic (exact) mass is 383 g/mol. The lowest BCUT2D eigenvalue weighted by molar-refractivity contribution is -0.119. The van der Waals surface area contributed by atoms with Gasteiger partial charge < -0.3 is 11.1 Å². The number of nitrogens with one attached hydrogen (secondary N) is 1. The van der Waals surface area contributed by atoms with Crippen molar-refractivity contribution in [3.8, 4) is 0 Å². The van der Waals surface area contributed by atoms with Crippen molar-refractivity contribution >= 4 is 45.7 Å². The Labute approximate surface area is 145 Å². The Hall–Kier alpha value is -1.59. The number of pyridine rings is 1. The van der Waals surface area contributed by atoms with Crippen LogP contribution in [-0.4, -0.2) is 10.9 Å². The Balaban J connectivity index is 0.00000242. The molecule has 2 rings (SSSR count). The van der Waals surface area contributed by atoms with Gasteiger partial charge in [-0.15, -0.1) is 12.4 Å². The van der Waals surface area contributed by atoms with Crippen LogP contribution in [0, 0.1) is 5.92 Å². The lowest BCUT2D eigenvalue weighted by Gasteiger charge is -2.15. The molecule has 6 heteroatoms. The second-order valence-corrected chi connectivity index (χ2v) is 5.82. The van der Waals surface area contributed by atoms with E-state index in [1.165, 1.54) is 0 Å². The Morgan fingerprint density at radius 3 is 2.73 bits per heavy atom. The molecule has 0 saturated carbocycles. The van der Waals surface area contributed by atoms with Crippen LogP contribution in [0.25, 0.3) is 0 Å². The largest absolute Gasteiger partial charge is 0.384 e. The number of carbonyl (C=O) groups excluding carboxylic acids is 1. The number of nitrogen functional groups attached to an aromatic ring is 1. The van der Waals surface area contributed by atoms with Crippen molar-refractivity contribution in [1.29, 1.82) is 0 Å². The van der Waals surface area contributed by atoms with E-state index < -0.39 is 0 Å². The van der Waals surface area contributed by atoms with Crippen LogP contribution in [0.5, 0.6) is 0 Å². The number of nitrogens with zero attached hydrogens (tertiary/aromatic N) is 1. The quantitative estimate of drug-likeness (QED) is 0.817. The number of nitrogens with two attached hydrogens (primary N) is 1. The van der Waals surface area contributed by atoms with Crippen LogP contribution >= 0.6 is 28.3 Å². The Morgan fingerprint density at radius 1 is 1.36 bits per heavy atom. The van der Waals surface area contributed by atoms with Gasteiger partial charge in [0.2, 0.25) is 5.91 Å². The Bertz CT molecular complexity index is 619. The second kappa shape index (κ2) is 8.76. The first-order chi connectivity index (χ1) is 10.1. The zero-order valence-electron chi connectivity index (χ0n) is 12.3. The Kier molecular flexibility index (Phi) is 7.35. The van der Waals surface area contributed by atoms with Crippen LogP contribution < -0.4 is 11.1 Å². The summed E-state index contributed by atoms with van der Waals surface area (Å²) in [4.78, 5) is 16.3. The number of rotatable bonds is 5. The number of hydrogen-bond acceptors (Lipinski definition) is 3. The number of anilines is 2. The van der Waals surface area contributed by atoms with Gasteiger partial charge in [0.15, 0.2) is 0 Å². The maximum Gasteiger partial charge on any atom is 0.227 e. The smallest absolute Gasteiger partial charge is 0.227 e. The van der Waals surface area contributed by atoms with Crippen LogP contribution in [0.15, 0.2) is 47.1 Å². The molecule has 118 valence electrons. The van der Waals surface area contributed by atoms with Crippen molar-refractivity contribution in [3.63, 3.8) is 0 Å². The highest BCUT2D eigenvalue weighted by atomic mass is 79.9. The topological polar surface area (TPSA) is 68.0 Å². The molecule has 0 aliphatic carbocycles. The van der Waals surface area contributed by atoms with Gasteiger partial charge in [0.05, 0.1) is 11.9 Å². The zero-order valence-corrected chi connectivity index (χ0v) is 14.7. The van der Waals surface area contributed by atoms with Crippen molar-refractivity contribution < 1.29 is 4.79 Å². The predicted molar refractivity (Wildman–Crippen MR) is 96.2 cm³/mol. The van der Waals surface area contributed by atoms with E-state index in [1.54, 1.807) is 18.3 Å². The number of hydrogen-bond donors (Lipinski definition) is 2. The molecule has 2 aromatic rings. The SMILES string of the molecule is CCC(Cc1cccc(Br)c1)C(=O)Nc1ccc(N)nc1.Cl. The molecule has 0 aliphatic rings. The van der Waals surface area contributed by atoms with Crippen molar-refractivity contribution in [2.45, 2.75) is 19.8 Å². The van der Waals surface area contributed by atoms with E-state index in [4.69, 9.17) is 5.73 Å². The molecule has 3 N–H and O–H groups in total. The molecule has 0 spiro atoms. The lowest BCUT2D eigenvalue weighted by atomic mass is 9.96. The van der Waals surface area contributed by atoms with Crippen molar-refractivity contribution in [2.24, 2.45) is 5.92 Å². The number of aromatic nitrogens is 1. The van der Waals surface area contributed by atoms with Gasteiger partial charge in [0, 0.05) is 10.4 Å². The van der Waals surface area contributed by atoms with E-state index in [0.717, 1.165) is 16.5 Å². The normalized spacial score (nSPS) is 11.4. The summed E-state index contributed by atoms with van der Waals surface area (Å²) in [7, 11) is 0. The molecule has 1 aromatic carbocycles. The molecule has 22 heavy (non-hydrogen) atoms. The van der Waals surface area contributed by atoms with Crippen LogP contribution in [-0.2, 0) is 11.2 Å². The highest BCUT2D eigenvalue weighted by Gasteiger charge is 2.17. The van der Waals surface area contributed by atoms with Gasteiger partial charge in [-0.3, -0.25) is 4.79 Å². The molecule has 0 bridgehead atoms. The fraction of sp³-hybridized carbons (Fsp3) is 0.250. The number of amides is 1. The third-order valence-electron chi connectivity index (χ3n) is 3.29. The Morgan fingerprint density at radius 2 is 2.14 bits per heavy atom. The molecule has 0 saturated heterocycles. The summed E-state index contributed by atoms with van der Waals surface area (Å²) in [5, 5.41) is 2.89. The molecule has 0 aliphatic heterocycles. The highest BCUT2D eigenvalue weighted by Crippen LogP contribution is 2.18. The van der Waals surface area contributed by atoms with Crippen LogP contribution in [0.2, 0.25) is 0 Å². The van der Waals surface area contributed by atoms with E-state index in [1.807, 2.05) is 31.2 Å². The first-order valence-electron chi connectivity index (χ1n) is 6.85. The molecular formula is C16H19BrClN3O. The van der Waals surface area contributed by atoms with Gasteiger partial charge in [0.1, 0.15) is 5.82 Å². The molecule has 0 radical (unpaired) electrons. The van der Waals surface area contributed by atoms with Gasteiger partial charge in [-0.1, -0.05) is 35.0 Å². The summed E-state index contributed by atoms with van der Waals surface area (Å²) in [6, 6.07) is 11.5. The molecule has 1 amide bonds. The highest BCUT2D eigenvalue weighted by molar-refractivity contribution is 9.10. The summed E-state index contributed by atoms with van der Waals surface area (Å²) in [5.74, 6) is 0.370. The third-order valence-corrected chi connectivity index (χ3v) is 3.78. The molecule has 1 aromatic heterocycles.